The van der Waals surface area contributed by atoms with Crippen LogP contribution in [0.3, 0.4) is 0 Å². The Kier molecular flexibility index (Phi) is 4.77. The van der Waals surface area contributed by atoms with Crippen molar-refractivity contribution in [3.8, 4) is 11.7 Å². The smallest absolute Gasteiger partial charge is 0.283 e. The van der Waals surface area contributed by atoms with Crippen molar-refractivity contribution in [3.63, 3.8) is 0 Å². The van der Waals surface area contributed by atoms with Crippen molar-refractivity contribution in [1.82, 2.24) is 14.5 Å². The summed E-state index contributed by atoms with van der Waals surface area (Å²) in [5, 5.41) is 7.98. The van der Waals surface area contributed by atoms with Gasteiger partial charge in [0.05, 0.1) is 37.3 Å². The van der Waals surface area contributed by atoms with Crippen molar-refractivity contribution in [2.24, 2.45) is 0 Å². The van der Waals surface area contributed by atoms with Gasteiger partial charge in [-0.15, -0.1) is 10.2 Å². The standard InChI is InChI=1S/C17H17FN4O4S/c18-13-3-1-4-14(11-13)27(23,24)22-8-6-21(7-9-22)12-16-19-20-17(26-16)15-5-2-10-25-15/h1-5,10-11H,6-9,12H2/p+1. The number of piperazine rings is 1. The first-order chi connectivity index (χ1) is 13.0. The van der Waals surface area contributed by atoms with E-state index < -0.39 is 15.8 Å². The summed E-state index contributed by atoms with van der Waals surface area (Å²) in [4.78, 5) is 1.11. The Bertz CT molecular complexity index is 1010. The van der Waals surface area contributed by atoms with Crippen LogP contribution in [0.1, 0.15) is 5.89 Å². The molecule has 1 aliphatic heterocycles. The van der Waals surface area contributed by atoms with Gasteiger partial charge in [0.15, 0.2) is 12.3 Å². The first kappa shape index (κ1) is 17.8. The van der Waals surface area contributed by atoms with E-state index in [1.165, 1.54) is 28.8 Å². The second-order valence-corrected chi connectivity index (χ2v) is 8.20. The minimum Gasteiger partial charge on any atom is -0.459 e. The van der Waals surface area contributed by atoms with Crippen molar-refractivity contribution in [2.45, 2.75) is 11.4 Å². The largest absolute Gasteiger partial charge is 0.459 e. The summed E-state index contributed by atoms with van der Waals surface area (Å²) in [7, 11) is -3.69. The number of rotatable bonds is 5. The zero-order chi connectivity index (χ0) is 18.9. The van der Waals surface area contributed by atoms with Gasteiger partial charge in [-0.3, -0.25) is 0 Å². The molecule has 0 amide bonds. The first-order valence-electron chi connectivity index (χ1n) is 8.48. The van der Waals surface area contributed by atoms with Gasteiger partial charge in [-0.05, 0) is 30.3 Å². The van der Waals surface area contributed by atoms with E-state index in [1.807, 2.05) is 0 Å². The number of halogens is 1. The average Bonchev–Trinajstić information content (AvgIpc) is 3.34. The summed E-state index contributed by atoms with van der Waals surface area (Å²) in [6, 6.07) is 8.55. The molecule has 1 aliphatic rings. The van der Waals surface area contributed by atoms with Crippen LogP contribution in [-0.4, -0.2) is 49.1 Å². The molecule has 8 nitrogen and oxygen atoms in total. The second-order valence-electron chi connectivity index (χ2n) is 6.27. The van der Waals surface area contributed by atoms with Crippen LogP contribution in [0.2, 0.25) is 0 Å². The molecular weight excluding hydrogens is 375 g/mol. The predicted molar refractivity (Wildman–Crippen MR) is 91.6 cm³/mol. The number of hydrogen-bond acceptors (Lipinski definition) is 6. The number of furan rings is 1. The van der Waals surface area contributed by atoms with E-state index in [-0.39, 0.29) is 4.90 Å². The second kappa shape index (κ2) is 7.22. The minimum atomic E-state index is -3.69. The third-order valence-corrected chi connectivity index (χ3v) is 6.36. The summed E-state index contributed by atoms with van der Waals surface area (Å²) in [5.74, 6) is 0.735. The molecule has 1 saturated heterocycles. The molecule has 1 fully saturated rings. The van der Waals surface area contributed by atoms with Crippen LogP contribution < -0.4 is 4.90 Å². The number of aromatic nitrogens is 2. The lowest BCUT2D eigenvalue weighted by Gasteiger charge is -2.30. The van der Waals surface area contributed by atoms with Gasteiger partial charge in [0.25, 0.3) is 11.8 Å². The predicted octanol–water partition coefficient (Wildman–Crippen LogP) is 0.558. The first-order valence-corrected chi connectivity index (χ1v) is 9.92. The summed E-state index contributed by atoms with van der Waals surface area (Å²) in [6.07, 6.45) is 1.53. The van der Waals surface area contributed by atoms with Crippen LogP contribution in [-0.2, 0) is 16.6 Å². The summed E-state index contributed by atoms with van der Waals surface area (Å²) >= 11 is 0. The number of sulfonamides is 1. The third kappa shape index (κ3) is 3.77. The van der Waals surface area contributed by atoms with E-state index in [0.717, 1.165) is 11.0 Å². The Balaban J connectivity index is 1.38. The Labute approximate surface area is 155 Å². The molecule has 3 heterocycles. The highest BCUT2D eigenvalue weighted by Crippen LogP contribution is 2.18. The maximum atomic E-state index is 13.4. The number of hydrogen-bond donors (Lipinski definition) is 1. The Morgan fingerprint density at radius 2 is 1.96 bits per heavy atom. The molecule has 0 aliphatic carbocycles. The van der Waals surface area contributed by atoms with Crippen molar-refractivity contribution in [3.05, 3.63) is 54.4 Å². The number of benzene rings is 1. The Hall–Kier alpha value is -2.56. The van der Waals surface area contributed by atoms with Crippen molar-refractivity contribution >= 4 is 10.0 Å². The average molecular weight is 393 g/mol. The molecule has 0 saturated carbocycles. The number of nitrogens with zero attached hydrogens (tertiary/aromatic N) is 3. The number of quaternary nitrogens is 1. The maximum absolute atomic E-state index is 13.4. The monoisotopic (exact) mass is 393 g/mol. The summed E-state index contributed by atoms with van der Waals surface area (Å²) < 4.78 is 50.8. The lowest BCUT2D eigenvalue weighted by Crippen LogP contribution is -3.13. The molecule has 3 aromatic rings. The van der Waals surface area contributed by atoms with Crippen LogP contribution in [0.4, 0.5) is 4.39 Å². The molecule has 0 radical (unpaired) electrons. The molecule has 1 aromatic carbocycles. The minimum absolute atomic E-state index is 0.0223. The molecule has 0 bridgehead atoms. The van der Waals surface area contributed by atoms with Crippen LogP contribution in [0.5, 0.6) is 0 Å². The van der Waals surface area contributed by atoms with Crippen LogP contribution in [0, 0.1) is 5.82 Å². The fraction of sp³-hybridized carbons (Fsp3) is 0.294. The van der Waals surface area contributed by atoms with Crippen molar-refractivity contribution in [2.75, 3.05) is 26.2 Å². The van der Waals surface area contributed by atoms with E-state index >= 15 is 0 Å². The molecule has 2 aromatic heterocycles. The zero-order valence-corrected chi connectivity index (χ0v) is 15.2. The van der Waals surface area contributed by atoms with Crippen LogP contribution in [0.15, 0.2) is 56.4 Å². The molecule has 4 rings (SSSR count). The maximum Gasteiger partial charge on any atom is 0.283 e. The highest BCUT2D eigenvalue weighted by atomic mass is 32.2. The van der Waals surface area contributed by atoms with Gasteiger partial charge in [-0.25, -0.2) is 12.8 Å². The van der Waals surface area contributed by atoms with Gasteiger partial charge >= 0.3 is 0 Å². The molecule has 0 unspecified atom stereocenters. The van der Waals surface area contributed by atoms with Gasteiger partial charge in [0.1, 0.15) is 5.82 Å². The van der Waals surface area contributed by atoms with E-state index in [0.29, 0.717) is 50.3 Å². The fourth-order valence-corrected chi connectivity index (χ4v) is 4.51. The van der Waals surface area contributed by atoms with E-state index in [2.05, 4.69) is 10.2 Å². The summed E-state index contributed by atoms with van der Waals surface area (Å²) in [5.41, 5.74) is 0. The van der Waals surface area contributed by atoms with Gasteiger partial charge in [-0.2, -0.15) is 4.31 Å². The summed E-state index contributed by atoms with van der Waals surface area (Å²) in [6.45, 7) is 2.36. The van der Waals surface area contributed by atoms with Crippen LogP contribution >= 0.6 is 0 Å². The quantitative estimate of drug-likeness (QED) is 0.681. The van der Waals surface area contributed by atoms with Crippen LogP contribution in [0.25, 0.3) is 11.7 Å². The van der Waals surface area contributed by atoms with E-state index in [4.69, 9.17) is 8.83 Å². The molecule has 1 N–H and O–H groups in total. The van der Waals surface area contributed by atoms with E-state index in [9.17, 15) is 12.8 Å². The van der Waals surface area contributed by atoms with Gasteiger partial charge < -0.3 is 13.7 Å². The lowest BCUT2D eigenvalue weighted by molar-refractivity contribution is -0.918. The van der Waals surface area contributed by atoms with E-state index in [1.54, 1.807) is 12.1 Å². The number of nitrogens with one attached hydrogen (secondary N) is 1. The molecular formula is C17H18FN4O4S+. The normalized spacial score (nSPS) is 16.6. The highest BCUT2D eigenvalue weighted by molar-refractivity contribution is 7.89. The highest BCUT2D eigenvalue weighted by Gasteiger charge is 2.31. The molecule has 0 spiro atoms. The molecule has 27 heavy (non-hydrogen) atoms. The lowest BCUT2D eigenvalue weighted by atomic mass is 10.3. The Morgan fingerprint density at radius 3 is 2.67 bits per heavy atom. The van der Waals surface area contributed by atoms with Gasteiger partial charge in [-0.1, -0.05) is 6.07 Å². The Morgan fingerprint density at radius 1 is 1.15 bits per heavy atom. The van der Waals surface area contributed by atoms with Crippen molar-refractivity contribution < 1.29 is 26.5 Å². The molecule has 142 valence electrons. The molecule has 10 heteroatoms. The van der Waals surface area contributed by atoms with Gasteiger partial charge in [0, 0.05) is 0 Å². The fourth-order valence-electron chi connectivity index (χ4n) is 3.03. The zero-order valence-electron chi connectivity index (χ0n) is 14.3. The molecule has 0 atom stereocenters. The third-order valence-electron chi connectivity index (χ3n) is 4.46. The topological polar surface area (TPSA) is 93.9 Å². The van der Waals surface area contributed by atoms with Gasteiger partial charge in [0.2, 0.25) is 10.0 Å². The SMILES string of the molecule is O=S(=O)(c1cccc(F)c1)N1CC[NH+](Cc2nnc(-c3ccco3)o2)CC1. The van der Waals surface area contributed by atoms with Crippen molar-refractivity contribution in [1.29, 1.82) is 0 Å².